The normalized spacial score (nSPS) is 11.5. The highest BCUT2D eigenvalue weighted by atomic mass is 32.1. The van der Waals surface area contributed by atoms with E-state index >= 15 is 0 Å². The molecule has 0 aromatic carbocycles. The van der Waals surface area contributed by atoms with Crippen molar-refractivity contribution >= 4 is 12.6 Å². The van der Waals surface area contributed by atoms with Crippen LogP contribution in [0.3, 0.4) is 0 Å². The number of nitriles is 2. The van der Waals surface area contributed by atoms with Crippen molar-refractivity contribution in [1.29, 1.82) is 10.5 Å². The second-order valence-corrected chi connectivity index (χ2v) is 2.87. The Morgan fingerprint density at radius 3 is 2.64 bits per heavy atom. The van der Waals surface area contributed by atoms with E-state index in [9.17, 15) is 0 Å². The van der Waals surface area contributed by atoms with Crippen LogP contribution in [-0.4, -0.2) is 18.3 Å². The molecule has 0 rings (SSSR count). The van der Waals surface area contributed by atoms with Crippen LogP contribution in [0.1, 0.15) is 12.8 Å². The lowest BCUT2D eigenvalue weighted by molar-refractivity contribution is 0.678. The number of rotatable bonds is 5. The SMILES string of the molecule is N#CCNCCC(S)CC#N. The molecule has 60 valence electrons. The molecule has 0 heterocycles. The zero-order valence-electron chi connectivity index (χ0n) is 6.25. The van der Waals surface area contributed by atoms with Crippen molar-refractivity contribution in [3.8, 4) is 12.1 Å². The minimum atomic E-state index is 0.131. The Labute approximate surface area is 72.4 Å². The summed E-state index contributed by atoms with van der Waals surface area (Å²) in [5.74, 6) is 0. The molecule has 0 aromatic heterocycles. The molecule has 0 bridgehead atoms. The quantitative estimate of drug-likeness (QED) is 0.362. The molecular weight excluding hydrogens is 158 g/mol. The largest absolute Gasteiger partial charge is 0.304 e. The second-order valence-electron chi connectivity index (χ2n) is 2.14. The van der Waals surface area contributed by atoms with Gasteiger partial charge >= 0.3 is 0 Å². The minimum absolute atomic E-state index is 0.131. The Hall–Kier alpha value is -0.710. The monoisotopic (exact) mass is 169 g/mol. The standard InChI is InChI=1S/C7H11N3S/c8-3-1-7(11)2-5-10-6-4-9/h7,10-11H,1-2,5-6H2. The van der Waals surface area contributed by atoms with Crippen LogP contribution in [0.15, 0.2) is 0 Å². The molecule has 0 radical (unpaired) electrons. The van der Waals surface area contributed by atoms with Gasteiger partial charge in [0.15, 0.2) is 0 Å². The third-order valence-electron chi connectivity index (χ3n) is 1.19. The van der Waals surface area contributed by atoms with Gasteiger partial charge in [-0.25, -0.2) is 0 Å². The van der Waals surface area contributed by atoms with Gasteiger partial charge in [0.2, 0.25) is 0 Å². The van der Waals surface area contributed by atoms with Crippen LogP contribution in [0.4, 0.5) is 0 Å². The average Bonchev–Trinajstić information content (AvgIpc) is 1.99. The molecule has 0 amide bonds. The molecule has 0 aliphatic rings. The first kappa shape index (κ1) is 10.3. The van der Waals surface area contributed by atoms with Gasteiger partial charge in [-0.3, -0.25) is 0 Å². The maximum absolute atomic E-state index is 8.27. The molecule has 0 aliphatic heterocycles. The van der Waals surface area contributed by atoms with Crippen LogP contribution in [0.25, 0.3) is 0 Å². The van der Waals surface area contributed by atoms with E-state index in [0.29, 0.717) is 13.0 Å². The Kier molecular flexibility index (Phi) is 6.92. The predicted molar refractivity (Wildman–Crippen MR) is 46.1 cm³/mol. The summed E-state index contributed by atoms with van der Waals surface area (Å²) in [5.41, 5.74) is 0. The summed E-state index contributed by atoms with van der Waals surface area (Å²) in [6, 6.07) is 4.01. The Morgan fingerprint density at radius 2 is 2.09 bits per heavy atom. The molecule has 1 atom stereocenters. The van der Waals surface area contributed by atoms with Crippen molar-refractivity contribution in [2.45, 2.75) is 18.1 Å². The fraction of sp³-hybridized carbons (Fsp3) is 0.714. The van der Waals surface area contributed by atoms with E-state index in [4.69, 9.17) is 10.5 Å². The fourth-order valence-electron chi connectivity index (χ4n) is 0.620. The maximum Gasteiger partial charge on any atom is 0.0840 e. The van der Waals surface area contributed by atoms with Gasteiger partial charge in [0, 0.05) is 11.7 Å². The summed E-state index contributed by atoms with van der Waals surface area (Å²) in [7, 11) is 0. The van der Waals surface area contributed by atoms with Gasteiger partial charge in [-0.05, 0) is 13.0 Å². The van der Waals surface area contributed by atoms with Crippen molar-refractivity contribution < 1.29 is 0 Å². The molecule has 0 aromatic rings. The summed E-state index contributed by atoms with van der Waals surface area (Å²) < 4.78 is 0. The average molecular weight is 169 g/mol. The zero-order valence-corrected chi connectivity index (χ0v) is 7.14. The van der Waals surface area contributed by atoms with E-state index in [1.54, 1.807) is 0 Å². The van der Waals surface area contributed by atoms with E-state index < -0.39 is 0 Å². The zero-order chi connectivity index (χ0) is 8.53. The van der Waals surface area contributed by atoms with E-state index in [1.807, 2.05) is 12.1 Å². The first-order valence-electron chi connectivity index (χ1n) is 3.44. The summed E-state index contributed by atoms with van der Waals surface area (Å²) in [6.07, 6.45) is 1.30. The smallest absolute Gasteiger partial charge is 0.0840 e. The van der Waals surface area contributed by atoms with Gasteiger partial charge in [-0.15, -0.1) is 0 Å². The van der Waals surface area contributed by atoms with Gasteiger partial charge in [0.25, 0.3) is 0 Å². The van der Waals surface area contributed by atoms with Crippen molar-refractivity contribution in [3.05, 3.63) is 0 Å². The molecule has 0 saturated carbocycles. The highest BCUT2D eigenvalue weighted by Crippen LogP contribution is 2.03. The Balaban J connectivity index is 3.13. The molecule has 11 heavy (non-hydrogen) atoms. The fourth-order valence-corrected chi connectivity index (χ4v) is 0.831. The maximum atomic E-state index is 8.27. The lowest BCUT2D eigenvalue weighted by Crippen LogP contribution is -2.18. The lowest BCUT2D eigenvalue weighted by atomic mass is 10.2. The summed E-state index contributed by atoms with van der Waals surface area (Å²) in [5, 5.41) is 19.5. The topological polar surface area (TPSA) is 59.6 Å². The molecule has 1 unspecified atom stereocenters. The van der Waals surface area contributed by atoms with Gasteiger partial charge in [0.1, 0.15) is 0 Å². The summed E-state index contributed by atoms with van der Waals surface area (Å²) >= 11 is 4.17. The third-order valence-corrected chi connectivity index (χ3v) is 1.63. The van der Waals surface area contributed by atoms with Crippen LogP contribution < -0.4 is 5.32 Å². The molecule has 0 saturated heterocycles. The van der Waals surface area contributed by atoms with Crippen LogP contribution in [0.2, 0.25) is 0 Å². The second kappa shape index (κ2) is 7.40. The summed E-state index contributed by atoms with van der Waals surface area (Å²) in [4.78, 5) is 0. The van der Waals surface area contributed by atoms with E-state index in [1.165, 1.54) is 0 Å². The van der Waals surface area contributed by atoms with Crippen LogP contribution in [0, 0.1) is 22.7 Å². The number of nitrogens with one attached hydrogen (secondary N) is 1. The molecule has 0 spiro atoms. The number of hydrogen-bond donors (Lipinski definition) is 2. The van der Waals surface area contributed by atoms with Crippen LogP contribution in [0.5, 0.6) is 0 Å². The number of nitrogens with zero attached hydrogens (tertiary/aromatic N) is 2. The van der Waals surface area contributed by atoms with Crippen molar-refractivity contribution in [1.82, 2.24) is 5.32 Å². The van der Waals surface area contributed by atoms with E-state index in [-0.39, 0.29) is 5.25 Å². The first-order chi connectivity index (χ1) is 5.31. The molecule has 1 N–H and O–H groups in total. The van der Waals surface area contributed by atoms with Gasteiger partial charge in [-0.1, -0.05) is 0 Å². The third kappa shape index (κ3) is 7.18. The van der Waals surface area contributed by atoms with E-state index in [2.05, 4.69) is 17.9 Å². The van der Waals surface area contributed by atoms with E-state index in [0.717, 1.165) is 13.0 Å². The number of thiol groups is 1. The Bertz CT molecular complexity index is 168. The summed E-state index contributed by atoms with van der Waals surface area (Å²) in [6.45, 7) is 1.12. The molecular formula is C7H11N3S. The van der Waals surface area contributed by atoms with Crippen molar-refractivity contribution in [2.75, 3.05) is 13.1 Å². The molecule has 0 aliphatic carbocycles. The van der Waals surface area contributed by atoms with Gasteiger partial charge in [-0.2, -0.15) is 23.2 Å². The molecule has 3 nitrogen and oxygen atoms in total. The Morgan fingerprint density at radius 1 is 1.36 bits per heavy atom. The highest BCUT2D eigenvalue weighted by Gasteiger charge is 1.99. The van der Waals surface area contributed by atoms with Crippen LogP contribution in [-0.2, 0) is 0 Å². The lowest BCUT2D eigenvalue weighted by Gasteiger charge is -2.04. The van der Waals surface area contributed by atoms with Gasteiger partial charge in [0.05, 0.1) is 18.7 Å². The van der Waals surface area contributed by atoms with Crippen molar-refractivity contribution in [3.63, 3.8) is 0 Å². The highest BCUT2D eigenvalue weighted by molar-refractivity contribution is 7.80. The van der Waals surface area contributed by atoms with Crippen LogP contribution >= 0.6 is 12.6 Å². The molecule has 0 fully saturated rings. The minimum Gasteiger partial charge on any atom is -0.304 e. The number of hydrogen-bond acceptors (Lipinski definition) is 4. The van der Waals surface area contributed by atoms with Gasteiger partial charge < -0.3 is 5.32 Å². The predicted octanol–water partition coefficient (Wildman–Crippen LogP) is 0.702. The first-order valence-corrected chi connectivity index (χ1v) is 3.95. The molecule has 4 heteroatoms. The van der Waals surface area contributed by atoms with Crippen molar-refractivity contribution in [2.24, 2.45) is 0 Å².